The standard InChI is InChI=1S/C13H28N4/c1-4-11(3)16-6-8-17(9-7-16)12(5-2)10-13(14)15/h11-12H,4-10H2,1-3H3,(H3,14,15). The zero-order valence-corrected chi connectivity index (χ0v) is 11.6. The summed E-state index contributed by atoms with van der Waals surface area (Å²) in [6.45, 7) is 11.3. The number of hydrogen-bond donors (Lipinski definition) is 2. The van der Waals surface area contributed by atoms with Crippen molar-refractivity contribution in [3.8, 4) is 0 Å². The lowest BCUT2D eigenvalue weighted by Crippen LogP contribution is -2.53. The second-order valence-corrected chi connectivity index (χ2v) is 5.12. The minimum absolute atomic E-state index is 0.321. The third kappa shape index (κ3) is 4.28. The van der Waals surface area contributed by atoms with Gasteiger partial charge in [-0.1, -0.05) is 13.8 Å². The van der Waals surface area contributed by atoms with Gasteiger partial charge in [-0.3, -0.25) is 15.2 Å². The number of nitrogens with zero attached hydrogens (tertiary/aromatic N) is 2. The van der Waals surface area contributed by atoms with Gasteiger partial charge >= 0.3 is 0 Å². The maximum atomic E-state index is 7.43. The fourth-order valence-corrected chi connectivity index (χ4v) is 2.59. The molecule has 0 spiro atoms. The van der Waals surface area contributed by atoms with Gasteiger partial charge in [-0.2, -0.15) is 0 Å². The minimum atomic E-state index is 0.321. The molecule has 0 bridgehead atoms. The molecule has 2 atom stereocenters. The highest BCUT2D eigenvalue weighted by molar-refractivity contribution is 5.77. The third-order valence-electron chi connectivity index (χ3n) is 4.01. The first kappa shape index (κ1) is 14.5. The van der Waals surface area contributed by atoms with Crippen LogP contribution in [0.5, 0.6) is 0 Å². The highest BCUT2D eigenvalue weighted by atomic mass is 15.3. The third-order valence-corrected chi connectivity index (χ3v) is 4.01. The van der Waals surface area contributed by atoms with Crippen molar-refractivity contribution < 1.29 is 0 Å². The van der Waals surface area contributed by atoms with Crippen LogP contribution in [0.25, 0.3) is 0 Å². The fourth-order valence-electron chi connectivity index (χ4n) is 2.59. The molecule has 0 aliphatic carbocycles. The van der Waals surface area contributed by atoms with Gasteiger partial charge < -0.3 is 5.73 Å². The molecule has 0 aromatic rings. The number of nitrogens with two attached hydrogens (primary N) is 1. The van der Waals surface area contributed by atoms with Crippen molar-refractivity contribution in [3.63, 3.8) is 0 Å². The van der Waals surface area contributed by atoms with Crippen molar-refractivity contribution in [2.45, 2.75) is 52.1 Å². The lowest BCUT2D eigenvalue weighted by atomic mass is 10.1. The van der Waals surface area contributed by atoms with Crippen LogP contribution in [0.15, 0.2) is 0 Å². The van der Waals surface area contributed by atoms with Crippen LogP contribution in [0.4, 0.5) is 0 Å². The van der Waals surface area contributed by atoms with E-state index < -0.39 is 0 Å². The Morgan fingerprint density at radius 1 is 1.12 bits per heavy atom. The molecule has 3 N–H and O–H groups in total. The molecule has 0 saturated carbocycles. The molecule has 1 rings (SSSR count). The van der Waals surface area contributed by atoms with Crippen LogP contribution in [0.1, 0.15) is 40.0 Å². The van der Waals surface area contributed by atoms with E-state index >= 15 is 0 Å². The monoisotopic (exact) mass is 240 g/mol. The molecular weight excluding hydrogens is 212 g/mol. The predicted molar refractivity (Wildman–Crippen MR) is 73.5 cm³/mol. The van der Waals surface area contributed by atoms with E-state index in [1.165, 1.54) is 6.42 Å². The van der Waals surface area contributed by atoms with Gasteiger partial charge in [0, 0.05) is 44.7 Å². The van der Waals surface area contributed by atoms with E-state index in [4.69, 9.17) is 11.1 Å². The van der Waals surface area contributed by atoms with Crippen LogP contribution in [0.3, 0.4) is 0 Å². The molecule has 1 aliphatic rings. The quantitative estimate of drug-likeness (QED) is 0.546. The van der Waals surface area contributed by atoms with E-state index in [-0.39, 0.29) is 0 Å². The van der Waals surface area contributed by atoms with Crippen LogP contribution in [-0.4, -0.2) is 53.9 Å². The zero-order chi connectivity index (χ0) is 12.8. The Kier molecular flexibility index (Phi) is 5.92. The average Bonchev–Trinajstić information content (AvgIpc) is 2.35. The second-order valence-electron chi connectivity index (χ2n) is 5.12. The molecule has 2 unspecified atom stereocenters. The van der Waals surface area contributed by atoms with Crippen molar-refractivity contribution in [2.24, 2.45) is 5.73 Å². The lowest BCUT2D eigenvalue weighted by molar-refractivity contribution is 0.0728. The van der Waals surface area contributed by atoms with Gasteiger partial charge in [0.05, 0.1) is 5.84 Å². The highest BCUT2D eigenvalue weighted by Crippen LogP contribution is 2.14. The van der Waals surface area contributed by atoms with Gasteiger partial charge in [-0.05, 0) is 19.8 Å². The largest absolute Gasteiger partial charge is 0.388 e. The van der Waals surface area contributed by atoms with Crippen molar-refractivity contribution in [1.29, 1.82) is 5.41 Å². The lowest BCUT2D eigenvalue weighted by Gasteiger charge is -2.41. The predicted octanol–water partition coefficient (Wildman–Crippen LogP) is 1.51. The first-order valence-corrected chi connectivity index (χ1v) is 6.89. The van der Waals surface area contributed by atoms with E-state index in [0.717, 1.165) is 39.0 Å². The summed E-state index contributed by atoms with van der Waals surface area (Å²) in [6.07, 6.45) is 3.04. The number of amidine groups is 1. The summed E-state index contributed by atoms with van der Waals surface area (Å²) in [5.41, 5.74) is 5.52. The summed E-state index contributed by atoms with van der Waals surface area (Å²) in [6, 6.07) is 1.16. The van der Waals surface area contributed by atoms with E-state index in [1.807, 2.05) is 0 Å². The van der Waals surface area contributed by atoms with Crippen molar-refractivity contribution in [3.05, 3.63) is 0 Å². The normalized spacial score (nSPS) is 22.3. The van der Waals surface area contributed by atoms with E-state index in [0.29, 0.717) is 17.9 Å². The Labute approximate surface area is 106 Å². The van der Waals surface area contributed by atoms with Gasteiger partial charge in [0.1, 0.15) is 0 Å². The van der Waals surface area contributed by atoms with Crippen molar-refractivity contribution >= 4 is 5.84 Å². The Balaban J connectivity index is 2.41. The summed E-state index contributed by atoms with van der Waals surface area (Å²) >= 11 is 0. The van der Waals surface area contributed by atoms with Crippen molar-refractivity contribution in [2.75, 3.05) is 26.2 Å². The molecule has 1 aliphatic heterocycles. The molecule has 4 nitrogen and oxygen atoms in total. The van der Waals surface area contributed by atoms with Gasteiger partial charge in [0.25, 0.3) is 0 Å². The molecule has 1 fully saturated rings. The first-order valence-electron chi connectivity index (χ1n) is 6.89. The SMILES string of the molecule is CCC(C)N1CCN(C(CC)CC(=N)N)CC1. The summed E-state index contributed by atoms with van der Waals surface area (Å²) in [4.78, 5) is 5.07. The second kappa shape index (κ2) is 6.97. The minimum Gasteiger partial charge on any atom is -0.388 e. The molecule has 100 valence electrons. The smallest absolute Gasteiger partial charge is 0.0921 e. The van der Waals surface area contributed by atoms with E-state index in [2.05, 4.69) is 30.6 Å². The maximum absolute atomic E-state index is 7.43. The number of piperazine rings is 1. The summed E-state index contributed by atoms with van der Waals surface area (Å²) in [7, 11) is 0. The van der Waals surface area contributed by atoms with Gasteiger partial charge in [0.15, 0.2) is 0 Å². The molecular formula is C13H28N4. The molecule has 0 aromatic carbocycles. The van der Waals surface area contributed by atoms with E-state index in [1.54, 1.807) is 0 Å². The first-order chi connectivity index (χ1) is 8.08. The Hall–Kier alpha value is -0.610. The van der Waals surface area contributed by atoms with Gasteiger partial charge in [-0.25, -0.2) is 0 Å². The molecule has 1 saturated heterocycles. The van der Waals surface area contributed by atoms with Crippen LogP contribution in [0.2, 0.25) is 0 Å². The Bertz CT molecular complexity index is 234. The number of rotatable bonds is 6. The fraction of sp³-hybridized carbons (Fsp3) is 0.923. The Morgan fingerprint density at radius 2 is 1.65 bits per heavy atom. The number of hydrogen-bond acceptors (Lipinski definition) is 3. The van der Waals surface area contributed by atoms with Crippen LogP contribution in [0, 0.1) is 5.41 Å². The topological polar surface area (TPSA) is 56.4 Å². The highest BCUT2D eigenvalue weighted by Gasteiger charge is 2.24. The molecule has 0 aromatic heterocycles. The molecule has 4 heteroatoms. The summed E-state index contributed by atoms with van der Waals surface area (Å²) < 4.78 is 0. The summed E-state index contributed by atoms with van der Waals surface area (Å²) in [5, 5.41) is 7.43. The van der Waals surface area contributed by atoms with E-state index in [9.17, 15) is 0 Å². The molecule has 0 amide bonds. The van der Waals surface area contributed by atoms with Gasteiger partial charge in [0.2, 0.25) is 0 Å². The number of nitrogens with one attached hydrogen (secondary N) is 1. The maximum Gasteiger partial charge on any atom is 0.0921 e. The average molecular weight is 240 g/mol. The molecule has 1 heterocycles. The summed E-state index contributed by atoms with van der Waals surface area (Å²) in [5.74, 6) is 0.321. The van der Waals surface area contributed by atoms with Crippen LogP contribution >= 0.6 is 0 Å². The van der Waals surface area contributed by atoms with Gasteiger partial charge in [-0.15, -0.1) is 0 Å². The molecule has 0 radical (unpaired) electrons. The van der Waals surface area contributed by atoms with Crippen molar-refractivity contribution in [1.82, 2.24) is 9.80 Å². The Morgan fingerprint density at radius 3 is 2.06 bits per heavy atom. The van der Waals surface area contributed by atoms with Crippen LogP contribution < -0.4 is 5.73 Å². The van der Waals surface area contributed by atoms with Crippen LogP contribution in [-0.2, 0) is 0 Å². The molecule has 17 heavy (non-hydrogen) atoms. The zero-order valence-electron chi connectivity index (χ0n) is 11.6.